The minimum atomic E-state index is -0.0634. The number of hydrogen-bond acceptors (Lipinski definition) is 4. The maximum atomic E-state index is 11.2. The summed E-state index contributed by atoms with van der Waals surface area (Å²) in [5, 5.41) is 2.76. The summed E-state index contributed by atoms with van der Waals surface area (Å²) >= 11 is 0. The maximum absolute atomic E-state index is 11.2. The Kier molecular flexibility index (Phi) is 5.60. The van der Waals surface area contributed by atoms with Gasteiger partial charge in [0.25, 0.3) is 0 Å². The van der Waals surface area contributed by atoms with Crippen LogP contribution in [0, 0.1) is 0 Å². The summed E-state index contributed by atoms with van der Waals surface area (Å²) in [5.41, 5.74) is 5.59. The van der Waals surface area contributed by atoms with E-state index in [4.69, 9.17) is 15.2 Å². The summed E-state index contributed by atoms with van der Waals surface area (Å²) in [7, 11) is 1.64. The number of nitrogens with one attached hydrogen (secondary N) is 1. The summed E-state index contributed by atoms with van der Waals surface area (Å²) < 4.78 is 10.2. The quantitative estimate of drug-likeness (QED) is 0.570. The Morgan fingerprint density at radius 2 is 2.27 bits per heavy atom. The lowest BCUT2D eigenvalue weighted by Gasteiger charge is -2.31. The second-order valence-electron chi connectivity index (χ2n) is 3.86. The Morgan fingerprint density at radius 3 is 2.87 bits per heavy atom. The lowest BCUT2D eigenvalue weighted by Crippen LogP contribution is -2.43. The van der Waals surface area contributed by atoms with E-state index in [1.54, 1.807) is 7.11 Å². The molecule has 0 bridgehead atoms. The normalized spacial score (nSPS) is 24.7. The molecule has 0 radical (unpaired) electrons. The van der Waals surface area contributed by atoms with Crippen LogP contribution in [0.4, 0.5) is 0 Å². The first-order valence-electron chi connectivity index (χ1n) is 5.35. The van der Waals surface area contributed by atoms with E-state index in [0.717, 1.165) is 19.3 Å². The molecule has 1 amide bonds. The van der Waals surface area contributed by atoms with E-state index in [2.05, 4.69) is 5.32 Å². The van der Waals surface area contributed by atoms with Gasteiger partial charge >= 0.3 is 0 Å². The molecule has 0 unspecified atom stereocenters. The molecule has 3 N–H and O–H groups in total. The van der Waals surface area contributed by atoms with Crippen molar-refractivity contribution in [2.24, 2.45) is 5.73 Å². The fraction of sp³-hybridized carbons (Fsp3) is 0.900. The van der Waals surface area contributed by atoms with Crippen molar-refractivity contribution in [2.45, 2.75) is 31.4 Å². The van der Waals surface area contributed by atoms with Crippen LogP contribution < -0.4 is 11.1 Å². The molecule has 1 fully saturated rings. The molecule has 0 atom stereocenters. The van der Waals surface area contributed by atoms with Crippen LogP contribution in [0.3, 0.4) is 0 Å². The molecule has 15 heavy (non-hydrogen) atoms. The molecule has 0 heterocycles. The molecule has 5 heteroatoms. The molecule has 1 saturated carbocycles. The number of carbonyl (C=O) groups excluding carboxylic acids is 1. The van der Waals surface area contributed by atoms with Crippen molar-refractivity contribution >= 4 is 5.91 Å². The van der Waals surface area contributed by atoms with Crippen molar-refractivity contribution < 1.29 is 14.3 Å². The molecule has 1 aliphatic rings. The standard InChI is InChI=1S/C10H20N2O3/c1-14-4-2-3-12-10(13)7-15-9-5-8(11)6-9/h8-9H,2-7,11H2,1H3,(H,12,13). The number of rotatable bonds is 7. The zero-order valence-electron chi connectivity index (χ0n) is 9.20. The monoisotopic (exact) mass is 216 g/mol. The number of carbonyl (C=O) groups is 1. The van der Waals surface area contributed by atoms with E-state index < -0.39 is 0 Å². The minimum absolute atomic E-state index is 0.0634. The first kappa shape index (κ1) is 12.4. The average Bonchev–Trinajstić information content (AvgIpc) is 2.18. The van der Waals surface area contributed by atoms with E-state index in [1.165, 1.54) is 0 Å². The van der Waals surface area contributed by atoms with Crippen LogP contribution in [0.25, 0.3) is 0 Å². The fourth-order valence-electron chi connectivity index (χ4n) is 1.43. The Bertz CT molecular complexity index is 193. The van der Waals surface area contributed by atoms with Gasteiger partial charge < -0.3 is 20.5 Å². The van der Waals surface area contributed by atoms with Crippen molar-refractivity contribution in [2.75, 3.05) is 26.9 Å². The predicted octanol–water partition coefficient (Wildman–Crippen LogP) is -0.355. The van der Waals surface area contributed by atoms with E-state index in [9.17, 15) is 4.79 Å². The SMILES string of the molecule is COCCCNC(=O)COC1CC(N)C1. The largest absolute Gasteiger partial charge is 0.385 e. The highest BCUT2D eigenvalue weighted by Crippen LogP contribution is 2.20. The van der Waals surface area contributed by atoms with Gasteiger partial charge in [-0.3, -0.25) is 4.79 Å². The van der Waals surface area contributed by atoms with Gasteiger partial charge in [-0.2, -0.15) is 0 Å². The lowest BCUT2D eigenvalue weighted by atomic mass is 9.90. The zero-order chi connectivity index (χ0) is 11.1. The number of hydrogen-bond donors (Lipinski definition) is 2. The predicted molar refractivity (Wildman–Crippen MR) is 56.5 cm³/mol. The minimum Gasteiger partial charge on any atom is -0.385 e. The van der Waals surface area contributed by atoms with Crippen LogP contribution in [-0.4, -0.2) is 44.9 Å². The Balaban J connectivity index is 1.90. The van der Waals surface area contributed by atoms with Crippen LogP contribution in [0.1, 0.15) is 19.3 Å². The highest BCUT2D eigenvalue weighted by Gasteiger charge is 2.26. The lowest BCUT2D eigenvalue weighted by molar-refractivity contribution is -0.129. The van der Waals surface area contributed by atoms with E-state index in [1.807, 2.05) is 0 Å². The Labute approximate surface area is 90.3 Å². The van der Waals surface area contributed by atoms with Gasteiger partial charge in [0.05, 0.1) is 6.10 Å². The van der Waals surface area contributed by atoms with Gasteiger partial charge in [0.15, 0.2) is 0 Å². The molecular formula is C10H20N2O3. The van der Waals surface area contributed by atoms with E-state index >= 15 is 0 Å². The molecule has 0 aromatic heterocycles. The highest BCUT2D eigenvalue weighted by atomic mass is 16.5. The van der Waals surface area contributed by atoms with Gasteiger partial charge in [-0.15, -0.1) is 0 Å². The molecule has 5 nitrogen and oxygen atoms in total. The third-order valence-corrected chi connectivity index (χ3v) is 2.43. The number of methoxy groups -OCH3 is 1. The van der Waals surface area contributed by atoms with Crippen molar-refractivity contribution in [1.82, 2.24) is 5.32 Å². The smallest absolute Gasteiger partial charge is 0.246 e. The molecule has 0 saturated heterocycles. The van der Waals surface area contributed by atoms with Gasteiger partial charge in [0.2, 0.25) is 5.91 Å². The highest BCUT2D eigenvalue weighted by molar-refractivity contribution is 5.77. The van der Waals surface area contributed by atoms with Crippen molar-refractivity contribution in [3.8, 4) is 0 Å². The molecule has 0 aromatic rings. The summed E-state index contributed by atoms with van der Waals surface area (Å²) in [4.78, 5) is 11.2. The van der Waals surface area contributed by atoms with Crippen molar-refractivity contribution in [3.05, 3.63) is 0 Å². The first-order chi connectivity index (χ1) is 7.22. The molecule has 1 rings (SSSR count). The van der Waals surface area contributed by atoms with Crippen LogP contribution in [0.15, 0.2) is 0 Å². The molecular weight excluding hydrogens is 196 g/mol. The number of ether oxygens (including phenoxy) is 2. The van der Waals surface area contributed by atoms with E-state index in [0.29, 0.717) is 13.2 Å². The van der Waals surface area contributed by atoms with Crippen molar-refractivity contribution in [3.63, 3.8) is 0 Å². The van der Waals surface area contributed by atoms with Gasteiger partial charge in [-0.25, -0.2) is 0 Å². The fourth-order valence-corrected chi connectivity index (χ4v) is 1.43. The topological polar surface area (TPSA) is 73.6 Å². The van der Waals surface area contributed by atoms with Gasteiger partial charge in [0.1, 0.15) is 6.61 Å². The van der Waals surface area contributed by atoms with Gasteiger partial charge in [-0.1, -0.05) is 0 Å². The molecule has 0 aromatic carbocycles. The molecule has 0 aliphatic heterocycles. The summed E-state index contributed by atoms with van der Waals surface area (Å²) in [6.07, 6.45) is 2.76. The van der Waals surface area contributed by atoms with Crippen LogP contribution >= 0.6 is 0 Å². The third-order valence-electron chi connectivity index (χ3n) is 2.43. The van der Waals surface area contributed by atoms with Crippen molar-refractivity contribution in [1.29, 1.82) is 0 Å². The van der Waals surface area contributed by atoms with Crippen LogP contribution in [0.2, 0.25) is 0 Å². The van der Waals surface area contributed by atoms with Crippen LogP contribution in [0.5, 0.6) is 0 Å². The molecule has 1 aliphatic carbocycles. The summed E-state index contributed by atoms with van der Waals surface area (Å²) in [6, 6.07) is 0.264. The Hall–Kier alpha value is -0.650. The van der Waals surface area contributed by atoms with E-state index in [-0.39, 0.29) is 24.7 Å². The van der Waals surface area contributed by atoms with Crippen LogP contribution in [-0.2, 0) is 14.3 Å². The summed E-state index contributed by atoms with van der Waals surface area (Å²) in [5.74, 6) is -0.0634. The van der Waals surface area contributed by atoms with Gasteiger partial charge in [-0.05, 0) is 19.3 Å². The molecule has 0 spiro atoms. The number of amides is 1. The second kappa shape index (κ2) is 6.76. The second-order valence-corrected chi connectivity index (χ2v) is 3.86. The summed E-state index contributed by atoms with van der Waals surface area (Å²) in [6.45, 7) is 1.45. The third kappa shape index (κ3) is 5.11. The van der Waals surface area contributed by atoms with Gasteiger partial charge in [0, 0.05) is 26.3 Å². The average molecular weight is 216 g/mol. The zero-order valence-corrected chi connectivity index (χ0v) is 9.20. The maximum Gasteiger partial charge on any atom is 0.246 e. The number of nitrogens with two attached hydrogens (primary N) is 1. The molecule has 88 valence electrons. The first-order valence-corrected chi connectivity index (χ1v) is 5.35. The Morgan fingerprint density at radius 1 is 1.53 bits per heavy atom.